The average molecular weight is 515 g/mol. The first-order valence-corrected chi connectivity index (χ1v) is 12.5. The molecule has 1 heterocycles. The van der Waals surface area contributed by atoms with E-state index in [1.54, 1.807) is 36.3 Å². The number of carbonyl (C=O) groups excluding carboxylic acids is 2. The standard InChI is InChI=1S/C29H27ClN4O3/c1-19-3-11-24(12-4-19)34-17-26(20-7-15-25(37-2)16-8-20)31-29(34)32-27(35)18-33(23-13-14-23)28(36)21-5-9-22(30)10-6-21/h3-12,15-17,23H,13-14,18H2,1-2H3,(H,31,32,35). The Labute approximate surface area is 220 Å². The lowest BCUT2D eigenvalue weighted by Gasteiger charge is -2.22. The summed E-state index contributed by atoms with van der Waals surface area (Å²) >= 11 is 5.98. The molecule has 0 unspecified atom stereocenters. The number of halogens is 1. The van der Waals surface area contributed by atoms with Crippen LogP contribution in [-0.4, -0.2) is 46.0 Å². The molecule has 4 aromatic rings. The van der Waals surface area contributed by atoms with Crippen LogP contribution >= 0.6 is 11.6 Å². The Hall–Kier alpha value is -4.10. The number of amides is 2. The molecule has 5 rings (SSSR count). The fraction of sp³-hybridized carbons (Fsp3) is 0.207. The van der Waals surface area contributed by atoms with Crippen molar-refractivity contribution >= 4 is 29.4 Å². The van der Waals surface area contributed by atoms with Gasteiger partial charge in [-0.1, -0.05) is 29.3 Å². The SMILES string of the molecule is COc1ccc(-c2cn(-c3ccc(C)cc3)c(NC(=O)CN(C(=O)c3ccc(Cl)cc3)C3CC3)n2)cc1. The Morgan fingerprint density at radius 1 is 1.03 bits per heavy atom. The highest BCUT2D eigenvalue weighted by molar-refractivity contribution is 6.30. The Morgan fingerprint density at radius 3 is 2.32 bits per heavy atom. The number of imidazole rings is 1. The van der Waals surface area contributed by atoms with Crippen LogP contribution in [0.1, 0.15) is 28.8 Å². The predicted octanol–water partition coefficient (Wildman–Crippen LogP) is 5.75. The topological polar surface area (TPSA) is 76.5 Å². The molecule has 0 aliphatic heterocycles. The number of aromatic nitrogens is 2. The molecule has 8 heteroatoms. The minimum Gasteiger partial charge on any atom is -0.497 e. The van der Waals surface area contributed by atoms with Crippen LogP contribution in [0.15, 0.2) is 79.0 Å². The number of methoxy groups -OCH3 is 1. The zero-order valence-corrected chi connectivity index (χ0v) is 21.4. The molecule has 0 radical (unpaired) electrons. The number of benzene rings is 3. The van der Waals surface area contributed by atoms with E-state index in [4.69, 9.17) is 21.3 Å². The quantitative estimate of drug-likeness (QED) is 0.324. The molecule has 0 bridgehead atoms. The summed E-state index contributed by atoms with van der Waals surface area (Å²) in [5.41, 5.74) is 4.09. The first-order valence-electron chi connectivity index (χ1n) is 12.1. The average Bonchev–Trinajstić information content (AvgIpc) is 3.67. The smallest absolute Gasteiger partial charge is 0.254 e. The molecule has 1 aliphatic rings. The highest BCUT2D eigenvalue weighted by Crippen LogP contribution is 2.29. The molecular weight excluding hydrogens is 488 g/mol. The third kappa shape index (κ3) is 5.67. The summed E-state index contributed by atoms with van der Waals surface area (Å²) in [5.74, 6) is 0.639. The van der Waals surface area contributed by atoms with Crippen LogP contribution in [0, 0.1) is 6.92 Å². The van der Waals surface area contributed by atoms with Gasteiger partial charge in [0, 0.05) is 34.1 Å². The van der Waals surface area contributed by atoms with Gasteiger partial charge in [0.15, 0.2) is 0 Å². The maximum absolute atomic E-state index is 13.2. The van der Waals surface area contributed by atoms with Gasteiger partial charge < -0.3 is 9.64 Å². The molecule has 3 aromatic carbocycles. The third-order valence-corrected chi connectivity index (χ3v) is 6.56. The lowest BCUT2D eigenvalue weighted by atomic mass is 10.1. The minimum atomic E-state index is -0.311. The number of rotatable bonds is 8. The summed E-state index contributed by atoms with van der Waals surface area (Å²) in [6.07, 6.45) is 3.65. The van der Waals surface area contributed by atoms with Crippen LogP contribution in [0.2, 0.25) is 5.02 Å². The number of ether oxygens (including phenoxy) is 1. The number of nitrogens with zero attached hydrogens (tertiary/aromatic N) is 3. The highest BCUT2D eigenvalue weighted by atomic mass is 35.5. The van der Waals surface area contributed by atoms with Crippen molar-refractivity contribution in [1.82, 2.24) is 14.5 Å². The summed E-state index contributed by atoms with van der Waals surface area (Å²) in [6.45, 7) is 1.96. The van der Waals surface area contributed by atoms with Gasteiger partial charge in [0.25, 0.3) is 5.91 Å². The molecule has 0 saturated heterocycles. The van der Waals surface area contributed by atoms with Crippen molar-refractivity contribution in [2.75, 3.05) is 19.0 Å². The summed E-state index contributed by atoms with van der Waals surface area (Å²) in [4.78, 5) is 32.7. The van der Waals surface area contributed by atoms with Crippen molar-refractivity contribution in [3.8, 4) is 22.7 Å². The van der Waals surface area contributed by atoms with Gasteiger partial charge in [-0.05, 0) is 80.4 Å². The summed E-state index contributed by atoms with van der Waals surface area (Å²) in [5, 5.41) is 3.50. The largest absolute Gasteiger partial charge is 0.497 e. The maximum Gasteiger partial charge on any atom is 0.254 e. The van der Waals surface area contributed by atoms with E-state index in [9.17, 15) is 9.59 Å². The molecule has 0 spiro atoms. The molecular formula is C29H27ClN4O3. The normalized spacial score (nSPS) is 12.7. The van der Waals surface area contributed by atoms with Crippen LogP contribution in [0.5, 0.6) is 5.75 Å². The zero-order valence-electron chi connectivity index (χ0n) is 20.6. The second kappa shape index (κ2) is 10.5. The number of hydrogen-bond donors (Lipinski definition) is 1. The van der Waals surface area contributed by atoms with Gasteiger partial charge in [-0.15, -0.1) is 0 Å². The van der Waals surface area contributed by atoms with Crippen LogP contribution in [0.4, 0.5) is 5.95 Å². The van der Waals surface area contributed by atoms with Crippen LogP contribution in [-0.2, 0) is 4.79 Å². The van der Waals surface area contributed by atoms with Gasteiger partial charge >= 0.3 is 0 Å². The second-order valence-electron chi connectivity index (χ2n) is 9.10. The van der Waals surface area contributed by atoms with Gasteiger partial charge in [0.1, 0.15) is 12.3 Å². The van der Waals surface area contributed by atoms with E-state index in [-0.39, 0.29) is 24.4 Å². The number of anilines is 1. The molecule has 1 fully saturated rings. The molecule has 37 heavy (non-hydrogen) atoms. The number of aryl methyl sites for hydroxylation is 1. The van der Waals surface area contributed by atoms with Crippen molar-refractivity contribution in [2.24, 2.45) is 0 Å². The van der Waals surface area contributed by atoms with Gasteiger partial charge in [-0.2, -0.15) is 0 Å². The van der Waals surface area contributed by atoms with Crippen LogP contribution in [0.3, 0.4) is 0 Å². The first-order chi connectivity index (χ1) is 17.9. The monoisotopic (exact) mass is 514 g/mol. The van der Waals surface area contributed by atoms with Crippen molar-refractivity contribution in [2.45, 2.75) is 25.8 Å². The minimum absolute atomic E-state index is 0.0561. The fourth-order valence-corrected chi connectivity index (χ4v) is 4.23. The Kier molecular flexibility index (Phi) is 6.97. The molecule has 188 valence electrons. The maximum atomic E-state index is 13.2. The number of hydrogen-bond acceptors (Lipinski definition) is 4. The molecule has 1 aliphatic carbocycles. The molecule has 7 nitrogen and oxygen atoms in total. The number of carbonyl (C=O) groups is 2. The summed E-state index contributed by atoms with van der Waals surface area (Å²) < 4.78 is 7.11. The Bertz CT molecular complexity index is 1410. The zero-order chi connectivity index (χ0) is 25.9. The van der Waals surface area contributed by atoms with E-state index >= 15 is 0 Å². The van der Waals surface area contributed by atoms with Crippen LogP contribution < -0.4 is 10.1 Å². The van der Waals surface area contributed by atoms with E-state index in [2.05, 4.69) is 5.32 Å². The molecule has 2 amide bonds. The molecule has 0 atom stereocenters. The second-order valence-corrected chi connectivity index (χ2v) is 9.54. The lowest BCUT2D eigenvalue weighted by Crippen LogP contribution is -2.39. The molecule has 1 N–H and O–H groups in total. The van der Waals surface area contributed by atoms with E-state index in [0.29, 0.717) is 22.2 Å². The molecule has 1 aromatic heterocycles. The van der Waals surface area contributed by atoms with Gasteiger partial charge in [0.2, 0.25) is 11.9 Å². The van der Waals surface area contributed by atoms with Crippen LogP contribution in [0.25, 0.3) is 16.9 Å². The van der Waals surface area contributed by atoms with Gasteiger partial charge in [0.05, 0.1) is 12.8 Å². The van der Waals surface area contributed by atoms with Crippen molar-refractivity contribution in [3.05, 3.63) is 95.1 Å². The Morgan fingerprint density at radius 2 is 1.70 bits per heavy atom. The molecule has 1 saturated carbocycles. The summed E-state index contributed by atoms with van der Waals surface area (Å²) in [7, 11) is 1.62. The lowest BCUT2D eigenvalue weighted by molar-refractivity contribution is -0.117. The first kappa shape index (κ1) is 24.6. The predicted molar refractivity (Wildman–Crippen MR) is 144 cm³/mol. The summed E-state index contributed by atoms with van der Waals surface area (Å²) in [6, 6.07) is 22.3. The third-order valence-electron chi connectivity index (χ3n) is 6.31. The van der Waals surface area contributed by atoms with E-state index in [0.717, 1.165) is 35.4 Å². The van der Waals surface area contributed by atoms with Gasteiger partial charge in [-0.25, -0.2) is 4.98 Å². The van der Waals surface area contributed by atoms with Crippen molar-refractivity contribution < 1.29 is 14.3 Å². The number of nitrogens with one attached hydrogen (secondary N) is 1. The Balaban J connectivity index is 1.41. The highest BCUT2D eigenvalue weighted by Gasteiger charge is 2.34. The van der Waals surface area contributed by atoms with E-state index in [1.165, 1.54) is 0 Å². The van der Waals surface area contributed by atoms with E-state index < -0.39 is 0 Å². The van der Waals surface area contributed by atoms with Crippen molar-refractivity contribution in [1.29, 1.82) is 0 Å². The van der Waals surface area contributed by atoms with E-state index in [1.807, 2.05) is 66.2 Å². The fourth-order valence-electron chi connectivity index (χ4n) is 4.10. The van der Waals surface area contributed by atoms with Crippen molar-refractivity contribution in [3.63, 3.8) is 0 Å². The van der Waals surface area contributed by atoms with Gasteiger partial charge in [-0.3, -0.25) is 19.5 Å².